The third-order valence-electron chi connectivity index (χ3n) is 4.32. The van der Waals surface area contributed by atoms with Crippen LogP contribution >= 0.6 is 0 Å². The highest BCUT2D eigenvalue weighted by Gasteiger charge is 2.21. The average molecular weight is 288 g/mol. The molecule has 1 saturated carbocycles. The van der Waals surface area contributed by atoms with Crippen molar-refractivity contribution in [3.63, 3.8) is 0 Å². The Labute approximate surface area is 128 Å². The number of anilines is 1. The molecule has 0 bridgehead atoms. The van der Waals surface area contributed by atoms with E-state index in [1.54, 1.807) is 0 Å². The van der Waals surface area contributed by atoms with Gasteiger partial charge in [-0.3, -0.25) is 4.79 Å². The van der Waals surface area contributed by atoms with Gasteiger partial charge >= 0.3 is 0 Å². The minimum atomic E-state index is 0.143. The number of amides is 1. The number of rotatable bonds is 6. The summed E-state index contributed by atoms with van der Waals surface area (Å²) in [6.07, 6.45) is 6.24. The summed E-state index contributed by atoms with van der Waals surface area (Å²) in [5, 5.41) is 3.37. The fourth-order valence-corrected chi connectivity index (χ4v) is 3.12. The van der Waals surface area contributed by atoms with Gasteiger partial charge in [0.2, 0.25) is 0 Å². The molecule has 0 spiro atoms. The van der Waals surface area contributed by atoms with Crippen LogP contribution in [0, 0.1) is 12.8 Å². The van der Waals surface area contributed by atoms with E-state index in [1.165, 1.54) is 25.7 Å². The van der Waals surface area contributed by atoms with Gasteiger partial charge in [0.05, 0.1) is 5.56 Å². The molecule has 3 nitrogen and oxygen atoms in total. The molecule has 1 aromatic rings. The SMILES string of the molecule is CCCNc1ccc(C)cc1C(=O)N(C)CC1CCCC1. The highest BCUT2D eigenvalue weighted by atomic mass is 16.2. The van der Waals surface area contributed by atoms with Crippen LogP contribution in [0.5, 0.6) is 0 Å². The van der Waals surface area contributed by atoms with Crippen molar-refractivity contribution in [3.05, 3.63) is 29.3 Å². The van der Waals surface area contributed by atoms with Gasteiger partial charge < -0.3 is 10.2 Å². The van der Waals surface area contributed by atoms with E-state index in [1.807, 2.05) is 31.0 Å². The van der Waals surface area contributed by atoms with Crippen LogP contribution in [0.25, 0.3) is 0 Å². The van der Waals surface area contributed by atoms with Gasteiger partial charge in [-0.25, -0.2) is 0 Å². The number of nitrogens with zero attached hydrogens (tertiary/aromatic N) is 1. The molecule has 0 aliphatic heterocycles. The maximum atomic E-state index is 12.8. The van der Waals surface area contributed by atoms with Crippen molar-refractivity contribution >= 4 is 11.6 Å². The standard InChI is InChI=1S/C18H28N2O/c1-4-11-19-17-10-9-14(2)12-16(17)18(21)20(3)13-15-7-5-6-8-15/h9-10,12,15,19H,4-8,11,13H2,1-3H3. The maximum Gasteiger partial charge on any atom is 0.255 e. The smallest absolute Gasteiger partial charge is 0.255 e. The monoisotopic (exact) mass is 288 g/mol. The second-order valence-corrected chi connectivity index (χ2v) is 6.31. The van der Waals surface area contributed by atoms with Crippen LogP contribution in [0.2, 0.25) is 0 Å². The molecule has 1 N–H and O–H groups in total. The van der Waals surface area contributed by atoms with Crippen LogP contribution in [-0.2, 0) is 0 Å². The average Bonchev–Trinajstić information content (AvgIpc) is 2.98. The lowest BCUT2D eigenvalue weighted by Crippen LogP contribution is -2.31. The van der Waals surface area contributed by atoms with Crippen LogP contribution in [0.1, 0.15) is 54.9 Å². The van der Waals surface area contributed by atoms with Gasteiger partial charge in [-0.05, 0) is 44.2 Å². The Kier molecular flexibility index (Phi) is 5.66. The van der Waals surface area contributed by atoms with E-state index in [9.17, 15) is 4.79 Å². The molecule has 1 aliphatic rings. The van der Waals surface area contributed by atoms with Gasteiger partial charge in [-0.2, -0.15) is 0 Å². The van der Waals surface area contributed by atoms with Crippen molar-refractivity contribution < 1.29 is 4.79 Å². The summed E-state index contributed by atoms with van der Waals surface area (Å²) in [4.78, 5) is 14.7. The summed E-state index contributed by atoms with van der Waals surface area (Å²) >= 11 is 0. The molecule has 1 fully saturated rings. The molecule has 0 unspecified atom stereocenters. The Morgan fingerprint density at radius 1 is 1.33 bits per heavy atom. The minimum absolute atomic E-state index is 0.143. The zero-order valence-corrected chi connectivity index (χ0v) is 13.6. The number of nitrogens with one attached hydrogen (secondary N) is 1. The van der Waals surface area contributed by atoms with E-state index in [4.69, 9.17) is 0 Å². The lowest BCUT2D eigenvalue weighted by atomic mass is 10.1. The number of hydrogen-bond acceptors (Lipinski definition) is 2. The van der Waals surface area contributed by atoms with Crippen LogP contribution < -0.4 is 5.32 Å². The van der Waals surface area contributed by atoms with Crippen molar-refractivity contribution in [1.82, 2.24) is 4.90 Å². The second kappa shape index (κ2) is 7.48. The van der Waals surface area contributed by atoms with E-state index in [-0.39, 0.29) is 5.91 Å². The number of aryl methyl sites for hydroxylation is 1. The molecule has 2 rings (SSSR count). The van der Waals surface area contributed by atoms with E-state index >= 15 is 0 Å². The van der Waals surface area contributed by atoms with E-state index in [0.717, 1.165) is 36.3 Å². The third kappa shape index (κ3) is 4.23. The Morgan fingerprint density at radius 3 is 2.71 bits per heavy atom. The molecule has 1 aliphatic carbocycles. The number of carbonyl (C=O) groups excluding carboxylic acids is 1. The molecule has 0 aromatic heterocycles. The predicted octanol–water partition coefficient (Wildman–Crippen LogP) is 4.08. The summed E-state index contributed by atoms with van der Waals surface area (Å²) in [5.41, 5.74) is 2.91. The molecule has 0 atom stereocenters. The fraction of sp³-hybridized carbons (Fsp3) is 0.611. The molecular weight excluding hydrogens is 260 g/mol. The molecule has 1 amide bonds. The topological polar surface area (TPSA) is 32.3 Å². The van der Waals surface area contributed by atoms with E-state index < -0.39 is 0 Å². The quantitative estimate of drug-likeness (QED) is 0.855. The second-order valence-electron chi connectivity index (χ2n) is 6.31. The zero-order chi connectivity index (χ0) is 15.2. The molecule has 1 aromatic carbocycles. The first-order valence-electron chi connectivity index (χ1n) is 8.21. The van der Waals surface area contributed by atoms with Crippen LogP contribution in [0.15, 0.2) is 18.2 Å². The van der Waals surface area contributed by atoms with Crippen molar-refractivity contribution in [1.29, 1.82) is 0 Å². The molecule has 21 heavy (non-hydrogen) atoms. The third-order valence-corrected chi connectivity index (χ3v) is 4.32. The normalized spacial score (nSPS) is 15.2. The Hall–Kier alpha value is -1.51. The largest absolute Gasteiger partial charge is 0.384 e. The molecule has 0 heterocycles. The van der Waals surface area contributed by atoms with Crippen LogP contribution in [0.3, 0.4) is 0 Å². The van der Waals surface area contributed by atoms with Crippen molar-refractivity contribution in [2.45, 2.75) is 46.0 Å². The lowest BCUT2D eigenvalue weighted by Gasteiger charge is -2.23. The van der Waals surface area contributed by atoms with Crippen molar-refractivity contribution in [2.75, 3.05) is 25.5 Å². The summed E-state index contributed by atoms with van der Waals surface area (Å²) < 4.78 is 0. The summed E-state index contributed by atoms with van der Waals surface area (Å²) in [6.45, 7) is 5.96. The first-order chi connectivity index (χ1) is 10.1. The maximum absolute atomic E-state index is 12.8. The van der Waals surface area contributed by atoms with Gasteiger partial charge in [0, 0.05) is 25.8 Å². The number of carbonyl (C=O) groups is 1. The first kappa shape index (κ1) is 15.9. The van der Waals surface area contributed by atoms with Gasteiger partial charge in [0.15, 0.2) is 0 Å². The van der Waals surface area contributed by atoms with Crippen molar-refractivity contribution in [2.24, 2.45) is 5.92 Å². The molecule has 116 valence electrons. The number of hydrogen-bond donors (Lipinski definition) is 1. The molecule has 0 saturated heterocycles. The van der Waals surface area contributed by atoms with Gasteiger partial charge in [0.1, 0.15) is 0 Å². The summed E-state index contributed by atoms with van der Waals surface area (Å²) in [6, 6.07) is 6.10. The van der Waals surface area contributed by atoms with Gasteiger partial charge in [-0.1, -0.05) is 31.4 Å². The Bertz CT molecular complexity index is 478. The van der Waals surface area contributed by atoms with Crippen molar-refractivity contribution in [3.8, 4) is 0 Å². The molecule has 0 radical (unpaired) electrons. The van der Waals surface area contributed by atoms with E-state index in [2.05, 4.69) is 18.3 Å². The predicted molar refractivity (Wildman–Crippen MR) is 88.9 cm³/mol. The van der Waals surface area contributed by atoms with Gasteiger partial charge in [-0.15, -0.1) is 0 Å². The van der Waals surface area contributed by atoms with E-state index in [0.29, 0.717) is 5.92 Å². The van der Waals surface area contributed by atoms with Crippen LogP contribution in [-0.4, -0.2) is 30.9 Å². The van der Waals surface area contributed by atoms with Gasteiger partial charge in [0.25, 0.3) is 5.91 Å². The number of benzene rings is 1. The fourth-order valence-electron chi connectivity index (χ4n) is 3.12. The highest BCUT2D eigenvalue weighted by Crippen LogP contribution is 2.26. The highest BCUT2D eigenvalue weighted by molar-refractivity contribution is 5.99. The molecular formula is C18H28N2O. The minimum Gasteiger partial charge on any atom is -0.384 e. The lowest BCUT2D eigenvalue weighted by molar-refractivity contribution is 0.0774. The first-order valence-corrected chi connectivity index (χ1v) is 8.21. The van der Waals surface area contributed by atoms with Crippen LogP contribution in [0.4, 0.5) is 5.69 Å². The molecule has 3 heteroatoms. The Balaban J connectivity index is 2.10. The summed E-state index contributed by atoms with van der Waals surface area (Å²) in [5.74, 6) is 0.833. The Morgan fingerprint density at radius 2 is 2.05 bits per heavy atom. The summed E-state index contributed by atoms with van der Waals surface area (Å²) in [7, 11) is 1.94. The zero-order valence-electron chi connectivity index (χ0n) is 13.6.